The lowest BCUT2D eigenvalue weighted by molar-refractivity contribution is 0.400. The molecule has 0 atom stereocenters. The average molecular weight is 274 g/mol. The average Bonchev–Trinajstić information content (AvgIpc) is 2.54. The molecule has 0 aliphatic carbocycles. The molecular formula is C14H18N4O2. The van der Waals surface area contributed by atoms with Crippen LogP contribution in [0.5, 0.6) is 11.6 Å². The summed E-state index contributed by atoms with van der Waals surface area (Å²) >= 11 is 0. The first-order valence-corrected chi connectivity index (χ1v) is 6.67. The summed E-state index contributed by atoms with van der Waals surface area (Å²) in [5.41, 5.74) is 0.867. The number of fused-ring (bicyclic) bond motifs is 1. The monoisotopic (exact) mass is 274 g/mol. The molecule has 0 unspecified atom stereocenters. The molecule has 3 rings (SSSR count). The highest BCUT2D eigenvalue weighted by Crippen LogP contribution is 2.28. The fourth-order valence-electron chi connectivity index (χ4n) is 2.36. The Morgan fingerprint density at radius 2 is 1.90 bits per heavy atom. The normalized spacial score (nSPS) is 15.4. The lowest BCUT2D eigenvalue weighted by Gasteiger charge is -2.27. The molecule has 1 fully saturated rings. The molecule has 2 aromatic rings. The molecular weight excluding hydrogens is 256 g/mol. The Balaban J connectivity index is 2.07. The van der Waals surface area contributed by atoms with Crippen LogP contribution in [-0.2, 0) is 0 Å². The van der Waals surface area contributed by atoms with Crippen molar-refractivity contribution >= 4 is 16.9 Å². The van der Waals surface area contributed by atoms with E-state index in [1.165, 1.54) is 0 Å². The van der Waals surface area contributed by atoms with Crippen LogP contribution in [0.25, 0.3) is 10.9 Å². The quantitative estimate of drug-likeness (QED) is 0.903. The van der Waals surface area contributed by atoms with Gasteiger partial charge in [-0.25, -0.2) is 4.98 Å². The van der Waals surface area contributed by atoms with Gasteiger partial charge in [-0.3, -0.25) is 0 Å². The Morgan fingerprint density at radius 3 is 2.60 bits per heavy atom. The smallest absolute Gasteiger partial charge is 0.229 e. The maximum Gasteiger partial charge on any atom is 0.229 e. The number of methoxy groups -OCH3 is 2. The Morgan fingerprint density at radius 1 is 1.10 bits per heavy atom. The first-order valence-electron chi connectivity index (χ1n) is 6.67. The van der Waals surface area contributed by atoms with E-state index >= 15 is 0 Å². The van der Waals surface area contributed by atoms with Crippen LogP contribution in [0.2, 0.25) is 0 Å². The molecule has 1 N–H and O–H groups in total. The second kappa shape index (κ2) is 5.50. The predicted octanol–water partition coefficient (Wildman–Crippen LogP) is 1.06. The highest BCUT2D eigenvalue weighted by molar-refractivity contribution is 5.86. The fraction of sp³-hybridized carbons (Fsp3) is 0.429. The Labute approximate surface area is 117 Å². The molecule has 0 radical (unpaired) electrons. The minimum absolute atomic E-state index is 0.586. The minimum Gasteiger partial charge on any atom is -0.497 e. The molecule has 1 saturated heterocycles. The van der Waals surface area contributed by atoms with E-state index in [-0.39, 0.29) is 0 Å². The summed E-state index contributed by atoms with van der Waals surface area (Å²) in [6, 6.07) is 5.73. The molecule has 106 valence electrons. The molecule has 20 heavy (non-hydrogen) atoms. The van der Waals surface area contributed by atoms with Gasteiger partial charge in [0.2, 0.25) is 11.8 Å². The molecule has 6 heteroatoms. The van der Waals surface area contributed by atoms with Crippen LogP contribution in [0.15, 0.2) is 18.2 Å². The first-order chi connectivity index (χ1) is 9.81. The van der Waals surface area contributed by atoms with Crippen molar-refractivity contribution in [2.75, 3.05) is 45.3 Å². The van der Waals surface area contributed by atoms with Crippen LogP contribution in [0, 0.1) is 0 Å². The van der Waals surface area contributed by atoms with Gasteiger partial charge in [-0.2, -0.15) is 4.98 Å². The third-order valence-electron chi connectivity index (χ3n) is 3.45. The van der Waals surface area contributed by atoms with Crippen molar-refractivity contribution in [3.63, 3.8) is 0 Å². The van der Waals surface area contributed by atoms with Gasteiger partial charge < -0.3 is 19.7 Å². The maximum absolute atomic E-state index is 5.41. The molecule has 2 heterocycles. The van der Waals surface area contributed by atoms with Gasteiger partial charge in [-0.05, 0) is 18.2 Å². The van der Waals surface area contributed by atoms with E-state index in [2.05, 4.69) is 20.2 Å². The number of piperazine rings is 1. The van der Waals surface area contributed by atoms with Gasteiger partial charge in [0.25, 0.3) is 0 Å². The van der Waals surface area contributed by atoms with Crippen molar-refractivity contribution in [3.05, 3.63) is 18.2 Å². The van der Waals surface area contributed by atoms with Gasteiger partial charge in [0, 0.05) is 26.2 Å². The number of nitrogens with one attached hydrogen (secondary N) is 1. The van der Waals surface area contributed by atoms with Crippen LogP contribution in [-0.4, -0.2) is 50.4 Å². The SMILES string of the molecule is COc1ccc2nc(N3CCNCC3)nc(OC)c2c1. The summed E-state index contributed by atoms with van der Waals surface area (Å²) in [5.74, 6) is 2.08. The minimum atomic E-state index is 0.586. The summed E-state index contributed by atoms with van der Waals surface area (Å²) in [7, 11) is 3.27. The third-order valence-corrected chi connectivity index (χ3v) is 3.45. The van der Waals surface area contributed by atoms with Crippen LogP contribution in [0.4, 0.5) is 5.95 Å². The van der Waals surface area contributed by atoms with E-state index in [0.29, 0.717) is 5.88 Å². The van der Waals surface area contributed by atoms with E-state index in [1.54, 1.807) is 14.2 Å². The predicted molar refractivity (Wildman–Crippen MR) is 77.7 cm³/mol. The summed E-state index contributed by atoms with van der Waals surface area (Å²) in [5, 5.41) is 4.19. The highest BCUT2D eigenvalue weighted by atomic mass is 16.5. The topological polar surface area (TPSA) is 59.5 Å². The van der Waals surface area contributed by atoms with E-state index < -0.39 is 0 Å². The van der Waals surface area contributed by atoms with Gasteiger partial charge in [0.05, 0.1) is 25.1 Å². The number of ether oxygens (including phenoxy) is 2. The van der Waals surface area contributed by atoms with Gasteiger partial charge in [0.1, 0.15) is 5.75 Å². The molecule has 1 aromatic carbocycles. The number of nitrogens with zero attached hydrogens (tertiary/aromatic N) is 3. The van der Waals surface area contributed by atoms with E-state index in [0.717, 1.165) is 48.8 Å². The van der Waals surface area contributed by atoms with Crippen molar-refractivity contribution in [3.8, 4) is 11.6 Å². The van der Waals surface area contributed by atoms with Crippen molar-refractivity contribution in [2.45, 2.75) is 0 Å². The van der Waals surface area contributed by atoms with Crippen LogP contribution in [0.1, 0.15) is 0 Å². The van der Waals surface area contributed by atoms with Crippen molar-refractivity contribution in [1.29, 1.82) is 0 Å². The van der Waals surface area contributed by atoms with E-state index in [4.69, 9.17) is 9.47 Å². The second-order valence-electron chi connectivity index (χ2n) is 4.65. The summed E-state index contributed by atoms with van der Waals surface area (Å²) < 4.78 is 10.6. The van der Waals surface area contributed by atoms with Gasteiger partial charge in [-0.15, -0.1) is 0 Å². The number of hydrogen-bond donors (Lipinski definition) is 1. The lowest BCUT2D eigenvalue weighted by Crippen LogP contribution is -2.44. The largest absolute Gasteiger partial charge is 0.497 e. The van der Waals surface area contributed by atoms with Crippen molar-refractivity contribution in [1.82, 2.24) is 15.3 Å². The molecule has 0 amide bonds. The molecule has 1 aromatic heterocycles. The Bertz CT molecular complexity index is 611. The molecule has 1 aliphatic heterocycles. The Kier molecular flexibility index (Phi) is 3.56. The Hall–Kier alpha value is -2.08. The number of rotatable bonds is 3. The number of anilines is 1. The van der Waals surface area contributed by atoms with Crippen LogP contribution >= 0.6 is 0 Å². The molecule has 0 saturated carbocycles. The van der Waals surface area contributed by atoms with Gasteiger partial charge in [0.15, 0.2) is 0 Å². The number of hydrogen-bond acceptors (Lipinski definition) is 6. The summed E-state index contributed by atoms with van der Waals surface area (Å²) in [6.07, 6.45) is 0. The van der Waals surface area contributed by atoms with Crippen LogP contribution < -0.4 is 19.7 Å². The second-order valence-corrected chi connectivity index (χ2v) is 4.65. The molecule has 0 bridgehead atoms. The van der Waals surface area contributed by atoms with Gasteiger partial charge >= 0.3 is 0 Å². The van der Waals surface area contributed by atoms with E-state index in [9.17, 15) is 0 Å². The first kappa shape index (κ1) is 12.9. The zero-order chi connectivity index (χ0) is 13.9. The molecule has 0 spiro atoms. The summed E-state index contributed by atoms with van der Waals surface area (Å²) in [4.78, 5) is 11.3. The van der Waals surface area contributed by atoms with Crippen molar-refractivity contribution in [2.24, 2.45) is 0 Å². The van der Waals surface area contributed by atoms with Crippen molar-refractivity contribution < 1.29 is 9.47 Å². The number of aromatic nitrogens is 2. The zero-order valence-electron chi connectivity index (χ0n) is 11.7. The highest BCUT2D eigenvalue weighted by Gasteiger charge is 2.16. The van der Waals surface area contributed by atoms with E-state index in [1.807, 2.05) is 18.2 Å². The third kappa shape index (κ3) is 2.34. The summed E-state index contributed by atoms with van der Waals surface area (Å²) in [6.45, 7) is 3.72. The van der Waals surface area contributed by atoms with Gasteiger partial charge in [-0.1, -0.05) is 0 Å². The molecule has 1 aliphatic rings. The zero-order valence-corrected chi connectivity index (χ0v) is 11.7. The standard InChI is InChI=1S/C14H18N4O2/c1-19-10-3-4-12-11(9-10)13(20-2)17-14(16-12)18-7-5-15-6-8-18/h3-4,9,15H,5-8H2,1-2H3. The lowest BCUT2D eigenvalue weighted by atomic mass is 10.2. The van der Waals surface area contributed by atoms with Crippen LogP contribution in [0.3, 0.4) is 0 Å². The molecule has 6 nitrogen and oxygen atoms in total. The fourth-order valence-corrected chi connectivity index (χ4v) is 2.36. The maximum atomic E-state index is 5.41. The number of benzene rings is 1.